The molecule has 0 aromatic heterocycles. The van der Waals surface area contributed by atoms with Crippen LogP contribution in [0.1, 0.15) is 58.4 Å². The van der Waals surface area contributed by atoms with E-state index in [1.54, 1.807) is 19.2 Å². The first-order chi connectivity index (χ1) is 21.2. The molecule has 255 valence electrons. The average Bonchev–Trinajstić information content (AvgIpc) is 3.06. The molecule has 1 fully saturated rings. The van der Waals surface area contributed by atoms with Gasteiger partial charge in [0.1, 0.15) is 30.7 Å². The summed E-state index contributed by atoms with van der Waals surface area (Å²) >= 11 is 0. The van der Waals surface area contributed by atoms with Crippen LogP contribution in [0, 0.1) is 18.8 Å². The molecule has 0 bridgehead atoms. The summed E-state index contributed by atoms with van der Waals surface area (Å²) in [6, 6.07) is 6.90. The second-order valence-electron chi connectivity index (χ2n) is 9.93. The molecule has 1 aliphatic carbocycles. The number of hydrogen-bond acceptors (Lipinski definition) is 9. The maximum Gasteiger partial charge on any atom is 0.237 e. The molecule has 1 aliphatic heterocycles. The van der Waals surface area contributed by atoms with E-state index < -0.39 is 0 Å². The van der Waals surface area contributed by atoms with Crippen LogP contribution in [0.15, 0.2) is 47.7 Å². The molecule has 6 N–H and O–H groups in total. The first-order valence-corrected chi connectivity index (χ1v) is 14.9. The number of allylic oxidation sites excluding steroid dienone is 3. The van der Waals surface area contributed by atoms with Gasteiger partial charge in [-0.25, -0.2) is 0 Å². The number of piperidine rings is 1. The first-order valence-electron chi connectivity index (χ1n) is 14.9. The molecule has 3 rings (SSSR count). The molecule has 0 spiro atoms. The van der Waals surface area contributed by atoms with E-state index in [-0.39, 0.29) is 57.8 Å². The first kappa shape index (κ1) is 49.6. The summed E-state index contributed by atoms with van der Waals surface area (Å²) in [7, 11) is 4.24. The van der Waals surface area contributed by atoms with Crippen molar-refractivity contribution in [3.05, 3.63) is 58.6 Å². The Morgan fingerprint density at radius 1 is 1.07 bits per heavy atom. The van der Waals surface area contributed by atoms with E-state index in [4.69, 9.17) is 14.9 Å². The van der Waals surface area contributed by atoms with Gasteiger partial charge in [-0.15, -0.1) is 13.1 Å². The zero-order chi connectivity index (χ0) is 34.2. The molecule has 12 heteroatoms. The van der Waals surface area contributed by atoms with Gasteiger partial charge >= 0.3 is 0 Å². The largest absolute Gasteiger partial charge is 0.662 e. The van der Waals surface area contributed by atoms with Crippen LogP contribution in [0.5, 0.6) is 5.75 Å². The number of rotatable bonds is 10. The Kier molecular flexibility index (Phi) is 39.9. The Hall–Kier alpha value is -2.28. The van der Waals surface area contributed by atoms with Gasteiger partial charge in [0, 0.05) is 45.7 Å². The van der Waals surface area contributed by atoms with E-state index in [2.05, 4.69) is 41.6 Å². The fourth-order valence-electron chi connectivity index (χ4n) is 3.59. The van der Waals surface area contributed by atoms with E-state index in [1.165, 1.54) is 18.2 Å². The summed E-state index contributed by atoms with van der Waals surface area (Å²) in [5.74, 6) is 1.86. The third-order valence-electron chi connectivity index (χ3n) is 5.96. The van der Waals surface area contributed by atoms with Gasteiger partial charge in [-0.1, -0.05) is 50.5 Å². The van der Waals surface area contributed by atoms with Gasteiger partial charge < -0.3 is 46.2 Å². The number of aldehydes is 3. The number of amides is 1. The van der Waals surface area contributed by atoms with Crippen LogP contribution in [-0.2, 0) is 56.6 Å². The van der Waals surface area contributed by atoms with Gasteiger partial charge in [-0.3, -0.25) is 9.59 Å². The molecule has 1 amide bonds. The van der Waals surface area contributed by atoms with E-state index in [1.807, 2.05) is 32.1 Å². The summed E-state index contributed by atoms with van der Waals surface area (Å²) in [5.41, 5.74) is 6.90. The second kappa shape index (κ2) is 36.2. The Morgan fingerprint density at radius 3 is 2.04 bits per heavy atom. The standard InChI is InChI=1S/C9H18N2O2.C9H12O2.C7H8O.C6H10NO.CH5N.CH4O.Y/c1-7(2)6-8(10-3)9(13)11-4-5-12;1-8-4-2-3-5-9(8)11-7-6-10;1-6-2-4-7(8)5-3-6;8-5-6-1-3-7-4-2-6;2*1-2;/h5,7-8,10H,4,6H2,1-3H3,(H,11,13);3,5-6H,2,4,7H2,1H3;2-5,8H,1H3;5-6H,1-4H2;2H2,1H3;2H,1H3;/q;;;-1;;;. The minimum absolute atomic E-state index is 0. The smallest absolute Gasteiger partial charge is 0.237 e. The fourth-order valence-corrected chi connectivity index (χ4v) is 3.59. The summed E-state index contributed by atoms with van der Waals surface area (Å²) in [6.07, 6.45) is 11.4. The SMILES string of the molecule is CC1=C(OCC=O)C=CCC1.CN.CNC(CC(C)C)C(=O)NCC=O.CO.Cc1ccc(O)cc1.O=CC1CC[N-]CC1.[Y]. The topological polar surface area (TPSA) is 182 Å². The molecule has 1 aromatic carbocycles. The van der Waals surface area contributed by atoms with Crippen LogP contribution in [-0.4, -0.2) is 88.5 Å². The molecule has 11 nitrogen and oxygen atoms in total. The van der Waals surface area contributed by atoms with Crippen molar-refractivity contribution in [2.24, 2.45) is 17.6 Å². The van der Waals surface area contributed by atoms with Gasteiger partial charge in [0.2, 0.25) is 5.91 Å². The molecule has 1 atom stereocenters. The fraction of sp³-hybridized carbons (Fsp3) is 0.576. The van der Waals surface area contributed by atoms with Gasteiger partial charge in [0.05, 0.1) is 12.6 Å². The number of aliphatic hydroxyl groups is 1. The van der Waals surface area contributed by atoms with Crippen molar-refractivity contribution in [2.75, 3.05) is 47.4 Å². The van der Waals surface area contributed by atoms with Crippen LogP contribution in [0.25, 0.3) is 5.32 Å². The summed E-state index contributed by atoms with van der Waals surface area (Å²) in [6.45, 7) is 10.2. The van der Waals surface area contributed by atoms with Crippen molar-refractivity contribution in [2.45, 2.75) is 65.8 Å². The molecule has 1 unspecified atom stereocenters. The van der Waals surface area contributed by atoms with Crippen LogP contribution in [0.2, 0.25) is 0 Å². The summed E-state index contributed by atoms with van der Waals surface area (Å²) in [4.78, 5) is 41.4. The minimum Gasteiger partial charge on any atom is -0.662 e. The van der Waals surface area contributed by atoms with Crippen molar-refractivity contribution in [3.8, 4) is 5.75 Å². The molecule has 1 heterocycles. The van der Waals surface area contributed by atoms with E-state index in [0.29, 0.717) is 23.9 Å². The molecule has 1 radical (unpaired) electrons. The van der Waals surface area contributed by atoms with E-state index in [0.717, 1.165) is 70.6 Å². The Labute approximate surface area is 296 Å². The third kappa shape index (κ3) is 30.2. The number of phenols is 1. The number of aliphatic hydroxyl groups excluding tert-OH is 1. The molecular formula is C33H57N4O7Y-. The van der Waals surface area contributed by atoms with Crippen LogP contribution >= 0.6 is 0 Å². The second-order valence-corrected chi connectivity index (χ2v) is 9.93. The molecule has 1 aromatic rings. The van der Waals surface area contributed by atoms with Crippen LogP contribution in [0.3, 0.4) is 0 Å². The van der Waals surface area contributed by atoms with Crippen molar-refractivity contribution < 1.29 is 66.8 Å². The Morgan fingerprint density at radius 2 is 1.64 bits per heavy atom. The maximum atomic E-state index is 11.3. The molecule has 1 saturated heterocycles. The van der Waals surface area contributed by atoms with Crippen LogP contribution < -0.4 is 16.4 Å². The van der Waals surface area contributed by atoms with Crippen molar-refractivity contribution in [1.29, 1.82) is 0 Å². The predicted octanol–water partition coefficient (Wildman–Crippen LogP) is 3.61. The number of aromatic hydroxyl groups is 1. The van der Waals surface area contributed by atoms with Gasteiger partial charge in [-0.2, -0.15) is 0 Å². The number of aryl methyl sites for hydroxylation is 1. The minimum atomic E-state index is -0.194. The van der Waals surface area contributed by atoms with E-state index >= 15 is 0 Å². The number of benzene rings is 1. The number of nitrogens with two attached hydrogens (primary N) is 1. The number of carbonyl (C=O) groups is 4. The van der Waals surface area contributed by atoms with Crippen molar-refractivity contribution in [1.82, 2.24) is 10.6 Å². The number of nitrogens with zero attached hydrogens (tertiary/aromatic N) is 1. The van der Waals surface area contributed by atoms with Gasteiger partial charge in [-0.05, 0) is 76.9 Å². The summed E-state index contributed by atoms with van der Waals surface area (Å²) in [5, 5.41) is 25.3. The Balaban J connectivity index is -0.000000241. The monoisotopic (exact) mass is 710 g/mol. The quantitative estimate of drug-likeness (QED) is 0.227. The molecule has 45 heavy (non-hydrogen) atoms. The average molecular weight is 711 g/mol. The van der Waals surface area contributed by atoms with Gasteiger partial charge in [0.15, 0.2) is 6.29 Å². The Bertz CT molecular complexity index is 899. The third-order valence-corrected chi connectivity index (χ3v) is 5.96. The number of nitrogens with one attached hydrogen (secondary N) is 2. The van der Waals surface area contributed by atoms with Crippen LogP contribution in [0.4, 0.5) is 0 Å². The van der Waals surface area contributed by atoms with Crippen molar-refractivity contribution in [3.63, 3.8) is 0 Å². The van der Waals surface area contributed by atoms with Gasteiger partial charge in [0.25, 0.3) is 0 Å². The number of likely N-dealkylation sites (N-methyl/N-ethyl adjacent to an activating group) is 1. The molecule has 2 aliphatic rings. The van der Waals surface area contributed by atoms with Crippen molar-refractivity contribution >= 4 is 24.8 Å². The number of hydrogen-bond donors (Lipinski definition) is 5. The van der Waals surface area contributed by atoms with E-state index in [9.17, 15) is 19.2 Å². The zero-order valence-corrected chi connectivity index (χ0v) is 31.2. The number of carbonyl (C=O) groups excluding carboxylic acids is 4. The molecular weight excluding hydrogens is 653 g/mol. The number of ether oxygens (including phenoxy) is 1. The molecule has 0 saturated carbocycles. The summed E-state index contributed by atoms with van der Waals surface area (Å²) < 4.78 is 5.17. The predicted molar refractivity (Wildman–Crippen MR) is 177 cm³/mol. The number of phenolic OH excluding ortho intramolecular Hbond substituents is 1. The maximum absolute atomic E-state index is 11.3. The zero-order valence-electron chi connectivity index (χ0n) is 28.3. The normalized spacial score (nSPS) is 13.7.